The minimum absolute atomic E-state index is 0.0108. The smallest absolute Gasteiger partial charge is 0.336 e. The van der Waals surface area contributed by atoms with Crippen molar-refractivity contribution in [3.8, 4) is 5.75 Å². The van der Waals surface area contributed by atoms with E-state index in [-0.39, 0.29) is 18.1 Å². The largest absolute Gasteiger partial charge is 0.491 e. The van der Waals surface area contributed by atoms with Crippen molar-refractivity contribution in [1.29, 1.82) is 0 Å². The Morgan fingerprint density at radius 1 is 1.02 bits per heavy atom. The first kappa shape index (κ1) is 26.1. The molecule has 3 amide bonds. The van der Waals surface area contributed by atoms with E-state index in [4.69, 9.17) is 4.74 Å². The van der Waals surface area contributed by atoms with E-state index in [1.165, 1.54) is 21.9 Å². The Hall–Kier alpha value is -4.17. The number of hydrogen-bond acceptors (Lipinski definition) is 4. The predicted molar refractivity (Wildman–Crippen MR) is 154 cm³/mol. The molecule has 0 bridgehead atoms. The second kappa shape index (κ2) is 10.1. The van der Waals surface area contributed by atoms with Crippen LogP contribution >= 0.6 is 0 Å². The lowest BCUT2D eigenvalue weighted by Gasteiger charge is -2.45. The number of H-pyrrole nitrogens is 1. The Morgan fingerprint density at radius 3 is 2.62 bits per heavy atom. The molecule has 1 aromatic heterocycles. The van der Waals surface area contributed by atoms with Crippen molar-refractivity contribution in [2.45, 2.75) is 57.8 Å². The number of aromatic nitrogens is 1. The molecule has 2 fully saturated rings. The minimum atomic E-state index is -1.11. The normalized spacial score (nSPS) is 21.8. The van der Waals surface area contributed by atoms with Gasteiger partial charge in [-0.3, -0.25) is 14.6 Å². The summed E-state index contributed by atoms with van der Waals surface area (Å²) in [6.45, 7) is 7.39. The van der Waals surface area contributed by atoms with Crippen LogP contribution in [0, 0.1) is 5.82 Å². The number of fused-ring (bicyclic) bond motifs is 1. The van der Waals surface area contributed by atoms with Crippen molar-refractivity contribution in [3.63, 3.8) is 0 Å². The highest BCUT2D eigenvalue weighted by Crippen LogP contribution is 2.44. The molecule has 3 heterocycles. The fourth-order valence-electron chi connectivity index (χ4n) is 6.18. The van der Waals surface area contributed by atoms with E-state index >= 15 is 0 Å². The number of urea groups is 1. The highest BCUT2D eigenvalue weighted by atomic mass is 19.1. The van der Waals surface area contributed by atoms with E-state index < -0.39 is 17.4 Å². The van der Waals surface area contributed by atoms with Gasteiger partial charge in [-0.25, -0.2) is 14.1 Å². The van der Waals surface area contributed by atoms with Crippen molar-refractivity contribution >= 4 is 34.2 Å². The van der Waals surface area contributed by atoms with Gasteiger partial charge in [0.25, 0.3) is 5.91 Å². The zero-order chi connectivity index (χ0) is 28.0. The van der Waals surface area contributed by atoms with Crippen LogP contribution in [0.5, 0.6) is 5.75 Å². The molecule has 1 spiro atoms. The van der Waals surface area contributed by atoms with Crippen molar-refractivity contribution in [3.05, 3.63) is 90.4 Å². The van der Waals surface area contributed by atoms with Gasteiger partial charge in [-0.05, 0) is 93.8 Å². The van der Waals surface area contributed by atoms with Gasteiger partial charge in [-0.15, -0.1) is 0 Å². The molecule has 6 rings (SSSR count). The molecule has 7 nitrogen and oxygen atoms in total. The molecule has 2 atom stereocenters. The first-order chi connectivity index (χ1) is 19.2. The summed E-state index contributed by atoms with van der Waals surface area (Å²) in [4.78, 5) is 36.7. The van der Waals surface area contributed by atoms with Crippen molar-refractivity contribution in [2.24, 2.45) is 0 Å². The summed E-state index contributed by atoms with van der Waals surface area (Å²) >= 11 is 0. The molecule has 3 aromatic carbocycles. The van der Waals surface area contributed by atoms with Gasteiger partial charge < -0.3 is 9.72 Å². The number of halogens is 1. The number of anilines is 2. The maximum absolute atomic E-state index is 14.4. The van der Waals surface area contributed by atoms with Crippen LogP contribution in [0.15, 0.2) is 79.0 Å². The van der Waals surface area contributed by atoms with E-state index in [1.54, 1.807) is 18.2 Å². The Kier molecular flexibility index (Phi) is 6.58. The number of carbonyl (C=O) groups is 2. The van der Waals surface area contributed by atoms with Gasteiger partial charge in [-0.1, -0.05) is 18.2 Å². The molecular weight excluding hydrogens is 507 g/mol. The predicted octanol–water partition coefficient (Wildman–Crippen LogP) is 6.49. The maximum atomic E-state index is 14.4. The van der Waals surface area contributed by atoms with Gasteiger partial charge in [0.05, 0.1) is 11.8 Å². The first-order valence-electron chi connectivity index (χ1n) is 13.8. The maximum Gasteiger partial charge on any atom is 0.336 e. The number of hydrogen-bond donors (Lipinski definition) is 1. The number of nitrogens with zero attached hydrogens (tertiary/aromatic N) is 3. The Balaban J connectivity index is 1.33. The van der Waals surface area contributed by atoms with Crippen LogP contribution in [0.3, 0.4) is 0 Å². The van der Waals surface area contributed by atoms with Crippen molar-refractivity contribution in [2.75, 3.05) is 16.3 Å². The molecular formula is C32H33FN4O3. The lowest BCUT2D eigenvalue weighted by Crippen LogP contribution is -2.59. The van der Waals surface area contributed by atoms with Crippen LogP contribution in [0.2, 0.25) is 0 Å². The zero-order valence-electron chi connectivity index (χ0n) is 22.9. The second-order valence-electron chi connectivity index (χ2n) is 11.1. The third-order valence-electron chi connectivity index (χ3n) is 8.00. The Morgan fingerprint density at radius 2 is 1.85 bits per heavy atom. The number of piperidine rings is 1. The van der Waals surface area contributed by atoms with E-state index in [0.717, 1.165) is 22.2 Å². The summed E-state index contributed by atoms with van der Waals surface area (Å²) in [5.74, 6) is 0.113. The molecule has 4 aromatic rings. The van der Waals surface area contributed by atoms with Crippen molar-refractivity contribution in [1.82, 2.24) is 9.88 Å². The number of amides is 3. The summed E-state index contributed by atoms with van der Waals surface area (Å²) < 4.78 is 20.3. The molecule has 0 radical (unpaired) electrons. The number of nitrogens with one attached hydrogen (secondary N) is 1. The van der Waals surface area contributed by atoms with Crippen molar-refractivity contribution < 1.29 is 18.7 Å². The van der Waals surface area contributed by atoms with Crippen LogP contribution < -0.4 is 14.5 Å². The Bertz CT molecular complexity index is 1580. The summed E-state index contributed by atoms with van der Waals surface area (Å²) in [7, 11) is 0. The minimum Gasteiger partial charge on any atom is -0.491 e. The standard InChI is InChI=1S/C32H33FN4O3/c1-21(2)40-28-9-4-6-23(16-28)20-35-15-13-32(19-22(35)3)30(38)36(26-10-11-29-24(17-26)12-14-34-29)31(39)37(32)27-8-5-7-25(33)18-27/h4-12,14,16-18,21-22,34H,13,15,19-20H2,1-3H3/t22-,32?/m0/s1. The Labute approximate surface area is 233 Å². The van der Waals surface area contributed by atoms with E-state index in [1.807, 2.05) is 50.4 Å². The van der Waals surface area contributed by atoms with Crippen LogP contribution in [-0.2, 0) is 11.3 Å². The monoisotopic (exact) mass is 540 g/mol. The first-order valence-corrected chi connectivity index (χ1v) is 13.8. The van der Waals surface area contributed by atoms with E-state index in [9.17, 15) is 14.0 Å². The molecule has 40 heavy (non-hydrogen) atoms. The summed E-state index contributed by atoms with van der Waals surface area (Å²) in [5.41, 5.74) is 1.83. The summed E-state index contributed by atoms with van der Waals surface area (Å²) in [6.07, 6.45) is 2.78. The number of rotatable bonds is 6. The molecule has 2 aliphatic heterocycles. The molecule has 1 N–H and O–H groups in total. The molecule has 0 aliphatic carbocycles. The molecule has 1 unspecified atom stereocenters. The SMILES string of the molecule is CC(C)Oc1cccc(CN2CCC3(C[C@@H]2C)C(=O)N(c2ccc4[nH]ccc4c2)C(=O)N3c2cccc(F)c2)c1. The van der Waals surface area contributed by atoms with E-state index in [0.29, 0.717) is 37.3 Å². The van der Waals surface area contributed by atoms with Crippen LogP contribution in [0.1, 0.15) is 39.2 Å². The number of benzene rings is 3. The lowest BCUT2D eigenvalue weighted by atomic mass is 9.81. The third-order valence-corrected chi connectivity index (χ3v) is 8.00. The fourth-order valence-corrected chi connectivity index (χ4v) is 6.18. The zero-order valence-corrected chi connectivity index (χ0v) is 22.9. The third kappa shape index (κ3) is 4.52. The van der Waals surface area contributed by atoms with Gasteiger partial charge in [0.1, 0.15) is 17.1 Å². The quantitative estimate of drug-likeness (QED) is 0.284. The topological polar surface area (TPSA) is 68.9 Å². The number of aromatic amines is 1. The molecule has 0 saturated carbocycles. The van der Waals surface area contributed by atoms with Gasteiger partial charge >= 0.3 is 6.03 Å². The second-order valence-corrected chi connectivity index (χ2v) is 11.1. The fraction of sp³-hybridized carbons (Fsp3) is 0.312. The molecule has 206 valence electrons. The van der Waals surface area contributed by atoms with Crippen LogP contribution in [0.4, 0.5) is 20.6 Å². The number of imide groups is 1. The number of ether oxygens (including phenoxy) is 1. The average molecular weight is 541 g/mol. The highest BCUT2D eigenvalue weighted by molar-refractivity contribution is 6.30. The van der Waals surface area contributed by atoms with Gasteiger partial charge in [0, 0.05) is 41.9 Å². The lowest BCUT2D eigenvalue weighted by molar-refractivity contribution is -0.123. The van der Waals surface area contributed by atoms with Gasteiger partial charge in [0.2, 0.25) is 0 Å². The van der Waals surface area contributed by atoms with E-state index in [2.05, 4.69) is 28.9 Å². The van der Waals surface area contributed by atoms with Crippen LogP contribution in [-0.4, -0.2) is 46.1 Å². The highest BCUT2D eigenvalue weighted by Gasteiger charge is 2.60. The van der Waals surface area contributed by atoms with Gasteiger partial charge in [0.15, 0.2) is 0 Å². The number of carbonyl (C=O) groups excluding carboxylic acids is 2. The van der Waals surface area contributed by atoms with Crippen LogP contribution in [0.25, 0.3) is 10.9 Å². The molecule has 8 heteroatoms. The van der Waals surface area contributed by atoms with Gasteiger partial charge in [-0.2, -0.15) is 0 Å². The average Bonchev–Trinajstić information content (AvgIpc) is 3.46. The summed E-state index contributed by atoms with van der Waals surface area (Å²) in [5, 5.41) is 0.906. The molecule has 2 saturated heterocycles. The number of likely N-dealkylation sites (tertiary alicyclic amines) is 1. The molecule has 2 aliphatic rings. The summed E-state index contributed by atoms with van der Waals surface area (Å²) in [6, 6.07) is 21.0.